The summed E-state index contributed by atoms with van der Waals surface area (Å²) in [7, 11) is 0. The third-order valence-corrected chi connectivity index (χ3v) is 2.63. The molecule has 0 aromatic carbocycles. The number of hydrogen-bond donors (Lipinski definition) is 1. The summed E-state index contributed by atoms with van der Waals surface area (Å²) >= 11 is 1.38. The second-order valence-electron chi connectivity index (χ2n) is 2.58. The Kier molecular flexibility index (Phi) is 2.02. The zero-order chi connectivity index (χ0) is 9.26. The van der Waals surface area contributed by atoms with Crippen molar-refractivity contribution in [3.63, 3.8) is 0 Å². The minimum Gasteiger partial charge on any atom is -0.323 e. The van der Waals surface area contributed by atoms with Crippen molar-refractivity contribution in [2.75, 3.05) is 11.1 Å². The molecule has 0 unspecified atom stereocenters. The molecular weight excluding hydrogens is 188 g/mol. The fourth-order valence-corrected chi connectivity index (χ4v) is 1.79. The third-order valence-electron chi connectivity index (χ3n) is 1.62. The topological polar surface area (TPSA) is 59.1 Å². The van der Waals surface area contributed by atoms with Crippen LogP contribution < -0.4 is 5.32 Å². The van der Waals surface area contributed by atoms with Gasteiger partial charge in [-0.15, -0.1) is 0 Å². The molecule has 1 amide bonds. The molecule has 1 aromatic rings. The minimum absolute atomic E-state index is 0.0534. The van der Waals surface area contributed by atoms with Gasteiger partial charge >= 0.3 is 0 Å². The van der Waals surface area contributed by atoms with Crippen LogP contribution in [0.1, 0.15) is 10.4 Å². The monoisotopic (exact) mass is 194 g/mol. The first-order chi connectivity index (χ1) is 6.29. The standard InChI is InChI=1S/C8H6N2O2S/c11-3-5-1-6-8(9-2-5)13-4-7(12)10-6/h1-3H,4H2,(H,10,12). The lowest BCUT2D eigenvalue weighted by atomic mass is 10.3. The van der Waals surface area contributed by atoms with E-state index >= 15 is 0 Å². The average molecular weight is 194 g/mol. The number of anilines is 1. The van der Waals surface area contributed by atoms with Gasteiger partial charge < -0.3 is 5.32 Å². The molecule has 1 aromatic heterocycles. The number of aldehydes is 1. The van der Waals surface area contributed by atoms with E-state index < -0.39 is 0 Å². The summed E-state index contributed by atoms with van der Waals surface area (Å²) in [5, 5.41) is 3.42. The molecule has 0 fully saturated rings. The molecule has 0 bridgehead atoms. The van der Waals surface area contributed by atoms with Gasteiger partial charge in [-0.1, -0.05) is 11.8 Å². The molecule has 2 rings (SSSR count). The normalized spacial score (nSPS) is 14.6. The summed E-state index contributed by atoms with van der Waals surface area (Å²) in [6.45, 7) is 0. The summed E-state index contributed by atoms with van der Waals surface area (Å²) < 4.78 is 0. The number of amides is 1. The van der Waals surface area contributed by atoms with Crippen molar-refractivity contribution >= 4 is 29.6 Å². The second-order valence-corrected chi connectivity index (χ2v) is 3.54. The smallest absolute Gasteiger partial charge is 0.234 e. The number of fused-ring (bicyclic) bond motifs is 1. The van der Waals surface area contributed by atoms with Gasteiger partial charge in [0.15, 0.2) is 6.29 Å². The average Bonchev–Trinajstić information content (AvgIpc) is 2.16. The molecular formula is C8H6N2O2S. The molecule has 0 aliphatic carbocycles. The van der Waals surface area contributed by atoms with Crippen LogP contribution in [0.2, 0.25) is 0 Å². The predicted octanol–water partition coefficient (Wildman–Crippen LogP) is 0.938. The van der Waals surface area contributed by atoms with Crippen LogP contribution in [0.25, 0.3) is 0 Å². The molecule has 5 heteroatoms. The number of pyridine rings is 1. The summed E-state index contributed by atoms with van der Waals surface area (Å²) in [4.78, 5) is 25.4. The van der Waals surface area contributed by atoms with Crippen molar-refractivity contribution in [2.24, 2.45) is 0 Å². The third kappa shape index (κ3) is 1.55. The number of rotatable bonds is 1. The predicted molar refractivity (Wildman–Crippen MR) is 49.0 cm³/mol. The van der Waals surface area contributed by atoms with Gasteiger partial charge in [-0.25, -0.2) is 4.98 Å². The van der Waals surface area contributed by atoms with Crippen molar-refractivity contribution in [3.8, 4) is 0 Å². The Hall–Kier alpha value is -1.36. The van der Waals surface area contributed by atoms with Gasteiger partial charge in [0.2, 0.25) is 5.91 Å². The molecule has 0 spiro atoms. The summed E-state index contributed by atoms with van der Waals surface area (Å²) in [6, 6.07) is 1.62. The SMILES string of the molecule is O=Cc1cnc2c(c1)NC(=O)CS2. The van der Waals surface area contributed by atoms with Crippen molar-refractivity contribution < 1.29 is 9.59 Å². The number of nitrogens with zero attached hydrogens (tertiary/aromatic N) is 1. The van der Waals surface area contributed by atoms with Crippen LogP contribution in [0.5, 0.6) is 0 Å². The van der Waals surface area contributed by atoms with E-state index in [0.29, 0.717) is 23.3 Å². The van der Waals surface area contributed by atoms with Crippen LogP contribution in [0.3, 0.4) is 0 Å². The maximum atomic E-state index is 11.0. The van der Waals surface area contributed by atoms with E-state index in [2.05, 4.69) is 10.3 Å². The van der Waals surface area contributed by atoms with Crippen LogP contribution in [0.4, 0.5) is 5.69 Å². The number of nitrogens with one attached hydrogen (secondary N) is 1. The van der Waals surface area contributed by atoms with E-state index in [1.807, 2.05) is 0 Å². The van der Waals surface area contributed by atoms with Crippen molar-refractivity contribution in [1.29, 1.82) is 0 Å². The minimum atomic E-state index is -0.0534. The number of carbonyl (C=O) groups excluding carboxylic acids is 2. The van der Waals surface area contributed by atoms with Crippen LogP contribution in [-0.2, 0) is 4.79 Å². The fraction of sp³-hybridized carbons (Fsp3) is 0.125. The maximum absolute atomic E-state index is 11.0. The van der Waals surface area contributed by atoms with E-state index in [1.54, 1.807) is 6.07 Å². The first-order valence-corrected chi connectivity index (χ1v) is 4.66. The van der Waals surface area contributed by atoms with Crippen molar-refractivity contribution in [2.45, 2.75) is 5.03 Å². The van der Waals surface area contributed by atoms with Crippen LogP contribution in [0.15, 0.2) is 17.3 Å². The molecule has 1 aliphatic rings. The lowest BCUT2D eigenvalue weighted by Crippen LogP contribution is -2.19. The van der Waals surface area contributed by atoms with Crippen LogP contribution in [0, 0.1) is 0 Å². The highest BCUT2D eigenvalue weighted by molar-refractivity contribution is 8.00. The van der Waals surface area contributed by atoms with Gasteiger partial charge in [0, 0.05) is 11.8 Å². The molecule has 13 heavy (non-hydrogen) atoms. The largest absolute Gasteiger partial charge is 0.323 e. The maximum Gasteiger partial charge on any atom is 0.234 e. The van der Waals surface area contributed by atoms with Gasteiger partial charge in [-0.05, 0) is 6.07 Å². The lowest BCUT2D eigenvalue weighted by Gasteiger charge is -2.14. The molecule has 0 saturated carbocycles. The molecule has 1 aliphatic heterocycles. The molecule has 1 N–H and O–H groups in total. The molecule has 0 saturated heterocycles. The first kappa shape index (κ1) is 8.25. The van der Waals surface area contributed by atoms with Crippen LogP contribution >= 0.6 is 11.8 Å². The van der Waals surface area contributed by atoms with E-state index in [1.165, 1.54) is 18.0 Å². The summed E-state index contributed by atoms with van der Waals surface area (Å²) in [5.41, 5.74) is 1.10. The molecule has 0 atom stereocenters. The van der Waals surface area contributed by atoms with E-state index in [0.717, 1.165) is 5.03 Å². The number of thioether (sulfide) groups is 1. The highest BCUT2D eigenvalue weighted by atomic mass is 32.2. The van der Waals surface area contributed by atoms with Gasteiger partial charge in [-0.3, -0.25) is 9.59 Å². The van der Waals surface area contributed by atoms with Gasteiger partial charge in [0.25, 0.3) is 0 Å². The zero-order valence-corrected chi connectivity index (χ0v) is 7.43. The summed E-state index contributed by atoms with van der Waals surface area (Å²) in [5.74, 6) is 0.336. The second kappa shape index (κ2) is 3.18. The van der Waals surface area contributed by atoms with Gasteiger partial charge in [0.05, 0.1) is 11.4 Å². The van der Waals surface area contributed by atoms with Gasteiger partial charge in [0.1, 0.15) is 5.03 Å². The molecule has 0 radical (unpaired) electrons. The Labute approximate surface area is 78.7 Å². The highest BCUT2D eigenvalue weighted by Gasteiger charge is 2.16. The molecule has 66 valence electrons. The lowest BCUT2D eigenvalue weighted by molar-refractivity contribution is -0.113. The number of carbonyl (C=O) groups is 2. The van der Waals surface area contributed by atoms with Crippen LogP contribution in [-0.4, -0.2) is 22.9 Å². The first-order valence-electron chi connectivity index (χ1n) is 3.67. The van der Waals surface area contributed by atoms with Gasteiger partial charge in [-0.2, -0.15) is 0 Å². The van der Waals surface area contributed by atoms with E-state index in [9.17, 15) is 9.59 Å². The summed E-state index contributed by atoms with van der Waals surface area (Å²) in [6.07, 6.45) is 2.20. The number of aromatic nitrogens is 1. The Balaban J connectivity index is 2.43. The van der Waals surface area contributed by atoms with E-state index in [-0.39, 0.29) is 5.91 Å². The number of hydrogen-bond acceptors (Lipinski definition) is 4. The Bertz CT molecular complexity index is 378. The van der Waals surface area contributed by atoms with Crippen molar-refractivity contribution in [3.05, 3.63) is 17.8 Å². The Morgan fingerprint density at radius 1 is 1.62 bits per heavy atom. The quantitative estimate of drug-likeness (QED) is 0.676. The highest BCUT2D eigenvalue weighted by Crippen LogP contribution is 2.29. The Morgan fingerprint density at radius 2 is 2.46 bits per heavy atom. The molecule has 4 nitrogen and oxygen atoms in total. The zero-order valence-electron chi connectivity index (χ0n) is 6.61. The Morgan fingerprint density at radius 3 is 3.23 bits per heavy atom. The molecule has 2 heterocycles. The van der Waals surface area contributed by atoms with Crippen molar-refractivity contribution in [1.82, 2.24) is 4.98 Å². The van der Waals surface area contributed by atoms with E-state index in [4.69, 9.17) is 0 Å². The fourth-order valence-electron chi connectivity index (χ4n) is 1.06.